The van der Waals surface area contributed by atoms with E-state index in [0.717, 1.165) is 29.9 Å². The van der Waals surface area contributed by atoms with Crippen molar-refractivity contribution >= 4 is 17.2 Å². The maximum atomic E-state index is 11.4. The zero-order valence-electron chi connectivity index (χ0n) is 16.2. The van der Waals surface area contributed by atoms with Gasteiger partial charge in [-0.25, -0.2) is 4.79 Å². The molecule has 1 aromatic heterocycles. The van der Waals surface area contributed by atoms with Gasteiger partial charge in [0.2, 0.25) is 0 Å². The lowest BCUT2D eigenvalue weighted by atomic mass is 9.90. The number of carboxylic acids is 1. The lowest BCUT2D eigenvalue weighted by molar-refractivity contribution is 0.0697. The van der Waals surface area contributed by atoms with Crippen LogP contribution in [0.2, 0.25) is 0 Å². The minimum absolute atomic E-state index is 0.0801. The van der Waals surface area contributed by atoms with E-state index in [-0.39, 0.29) is 11.6 Å². The molecule has 0 radical (unpaired) electrons. The number of hydrogen-bond acceptors (Lipinski definition) is 5. The van der Waals surface area contributed by atoms with Gasteiger partial charge in [0.15, 0.2) is 0 Å². The molecule has 28 heavy (non-hydrogen) atoms. The van der Waals surface area contributed by atoms with Gasteiger partial charge in [0.05, 0.1) is 24.6 Å². The van der Waals surface area contributed by atoms with Crippen molar-refractivity contribution < 1.29 is 14.6 Å². The molecule has 6 nitrogen and oxygen atoms in total. The first-order chi connectivity index (χ1) is 13.5. The van der Waals surface area contributed by atoms with Crippen LogP contribution in [0.5, 0.6) is 0 Å². The van der Waals surface area contributed by atoms with Crippen molar-refractivity contribution in [2.24, 2.45) is 0 Å². The van der Waals surface area contributed by atoms with E-state index in [1.807, 2.05) is 13.0 Å². The van der Waals surface area contributed by atoms with Crippen LogP contribution < -0.4 is 10.6 Å². The third-order valence-corrected chi connectivity index (χ3v) is 4.98. The number of anilines is 1. The summed E-state index contributed by atoms with van der Waals surface area (Å²) in [4.78, 5) is 15.4. The van der Waals surface area contributed by atoms with Crippen LogP contribution in [0.15, 0.2) is 55.1 Å². The molecule has 0 saturated heterocycles. The maximum Gasteiger partial charge on any atom is 0.337 e. The molecule has 1 aliphatic rings. The Balaban J connectivity index is 1.79. The minimum Gasteiger partial charge on any atom is -0.496 e. The summed E-state index contributed by atoms with van der Waals surface area (Å²) < 4.78 is 5.38. The highest BCUT2D eigenvalue weighted by atomic mass is 16.5. The zero-order chi connectivity index (χ0) is 20.1. The van der Waals surface area contributed by atoms with Crippen molar-refractivity contribution in [3.8, 4) is 0 Å². The van der Waals surface area contributed by atoms with Gasteiger partial charge in [-0.3, -0.25) is 4.98 Å². The van der Waals surface area contributed by atoms with E-state index >= 15 is 0 Å². The van der Waals surface area contributed by atoms with E-state index < -0.39 is 5.97 Å². The first-order valence-electron chi connectivity index (χ1n) is 9.22. The number of aromatic carboxylic acids is 1. The fourth-order valence-corrected chi connectivity index (χ4v) is 3.51. The normalized spacial score (nSPS) is 16.2. The number of nitrogens with zero attached hydrogens (tertiary/aromatic N) is 1. The molecule has 1 aromatic carbocycles. The number of allylic oxidation sites excluding steroid dienone is 2. The summed E-state index contributed by atoms with van der Waals surface area (Å²) in [6.45, 7) is 7.50. The molecule has 2 heterocycles. The van der Waals surface area contributed by atoms with E-state index in [2.05, 4.69) is 40.4 Å². The molecule has 1 atom stereocenters. The first kappa shape index (κ1) is 19.6. The first-order valence-corrected chi connectivity index (χ1v) is 9.22. The molecule has 2 aromatic rings. The van der Waals surface area contributed by atoms with E-state index in [1.165, 1.54) is 23.4 Å². The van der Waals surface area contributed by atoms with Gasteiger partial charge in [0.25, 0.3) is 0 Å². The molecule has 0 bridgehead atoms. The molecule has 0 saturated carbocycles. The molecular formula is C22H25N3O3. The largest absolute Gasteiger partial charge is 0.496 e. The average molecular weight is 379 g/mol. The summed E-state index contributed by atoms with van der Waals surface area (Å²) in [6.07, 6.45) is 5.86. The van der Waals surface area contributed by atoms with E-state index in [1.54, 1.807) is 13.3 Å². The molecule has 3 rings (SSSR count). The fourth-order valence-electron chi connectivity index (χ4n) is 3.51. The van der Waals surface area contributed by atoms with Gasteiger partial charge >= 0.3 is 5.97 Å². The van der Waals surface area contributed by atoms with Gasteiger partial charge in [-0.2, -0.15) is 0 Å². The van der Waals surface area contributed by atoms with Crippen molar-refractivity contribution in [3.05, 3.63) is 77.3 Å². The number of nitrogens with one attached hydrogen (secondary N) is 2. The summed E-state index contributed by atoms with van der Waals surface area (Å²) in [7, 11) is 1.65. The number of pyridine rings is 1. The number of fused-ring (bicyclic) bond motifs is 1. The van der Waals surface area contributed by atoms with Gasteiger partial charge < -0.3 is 20.5 Å². The Hall–Kier alpha value is -3.12. The molecule has 0 spiro atoms. The second kappa shape index (κ2) is 8.71. The number of carbonyl (C=O) groups is 1. The molecule has 1 aliphatic heterocycles. The smallest absolute Gasteiger partial charge is 0.337 e. The highest BCUT2D eigenvalue weighted by Crippen LogP contribution is 2.29. The predicted octanol–water partition coefficient (Wildman–Crippen LogP) is 3.64. The van der Waals surface area contributed by atoms with Gasteiger partial charge in [-0.1, -0.05) is 24.8 Å². The highest BCUT2D eigenvalue weighted by molar-refractivity contribution is 5.93. The number of ether oxygens (including phenoxy) is 1. The Kier molecular flexibility index (Phi) is 6.11. The molecule has 6 heteroatoms. The number of methoxy groups -OCH3 is 1. The maximum absolute atomic E-state index is 11.4. The quantitative estimate of drug-likeness (QED) is 0.503. The number of carboxylic acid groups (broad SMARTS) is 1. The highest BCUT2D eigenvalue weighted by Gasteiger charge is 2.21. The third kappa shape index (κ3) is 4.07. The van der Waals surface area contributed by atoms with Crippen LogP contribution in [-0.4, -0.2) is 36.3 Å². The van der Waals surface area contributed by atoms with E-state index in [4.69, 9.17) is 4.74 Å². The Morgan fingerprint density at radius 3 is 3.00 bits per heavy atom. The molecular weight excluding hydrogens is 354 g/mol. The van der Waals surface area contributed by atoms with Gasteiger partial charge in [0.1, 0.15) is 5.76 Å². The number of rotatable bonds is 7. The SMILES string of the molecule is C=C(/C(=C\C)OC)c1ccc2c(c1)CCNC2CNc1cnccc1C(=O)O. The van der Waals surface area contributed by atoms with E-state index in [9.17, 15) is 9.90 Å². The molecule has 1 unspecified atom stereocenters. The summed E-state index contributed by atoms with van der Waals surface area (Å²) in [5.41, 5.74) is 5.11. The van der Waals surface area contributed by atoms with Crippen molar-refractivity contribution in [3.63, 3.8) is 0 Å². The Morgan fingerprint density at radius 2 is 2.29 bits per heavy atom. The topological polar surface area (TPSA) is 83.5 Å². The molecule has 3 N–H and O–H groups in total. The lowest BCUT2D eigenvalue weighted by Gasteiger charge is -2.28. The van der Waals surface area contributed by atoms with Crippen LogP contribution in [0.25, 0.3) is 5.57 Å². The summed E-state index contributed by atoms with van der Waals surface area (Å²) in [5.74, 6) is -0.201. The predicted molar refractivity (Wildman–Crippen MR) is 110 cm³/mol. The van der Waals surface area contributed by atoms with Crippen LogP contribution in [0.4, 0.5) is 5.69 Å². The Bertz CT molecular complexity index is 921. The van der Waals surface area contributed by atoms with Crippen molar-refractivity contribution in [1.29, 1.82) is 0 Å². The van der Waals surface area contributed by atoms with Crippen molar-refractivity contribution in [2.75, 3.05) is 25.5 Å². The lowest BCUT2D eigenvalue weighted by Crippen LogP contribution is -2.34. The molecule has 146 valence electrons. The van der Waals surface area contributed by atoms with Crippen LogP contribution in [0.3, 0.4) is 0 Å². The van der Waals surface area contributed by atoms with Crippen LogP contribution in [0, 0.1) is 0 Å². The second-order valence-electron chi connectivity index (χ2n) is 6.61. The summed E-state index contributed by atoms with van der Waals surface area (Å²) >= 11 is 0. The summed E-state index contributed by atoms with van der Waals surface area (Å²) in [5, 5.41) is 16.0. The molecule has 0 aliphatic carbocycles. The van der Waals surface area contributed by atoms with Gasteiger partial charge in [-0.05, 0) is 48.7 Å². The average Bonchev–Trinajstić information content (AvgIpc) is 2.72. The summed E-state index contributed by atoms with van der Waals surface area (Å²) in [6, 6.07) is 7.91. The minimum atomic E-state index is -0.969. The number of benzene rings is 1. The van der Waals surface area contributed by atoms with Crippen LogP contribution >= 0.6 is 0 Å². The second-order valence-corrected chi connectivity index (χ2v) is 6.61. The molecule has 0 fully saturated rings. The fraction of sp³-hybridized carbons (Fsp3) is 0.273. The number of aromatic nitrogens is 1. The van der Waals surface area contributed by atoms with Crippen LogP contribution in [-0.2, 0) is 11.2 Å². The van der Waals surface area contributed by atoms with Crippen molar-refractivity contribution in [2.45, 2.75) is 19.4 Å². The zero-order valence-corrected chi connectivity index (χ0v) is 16.2. The van der Waals surface area contributed by atoms with E-state index in [0.29, 0.717) is 12.2 Å². The third-order valence-electron chi connectivity index (χ3n) is 4.98. The van der Waals surface area contributed by atoms with Gasteiger partial charge in [0, 0.05) is 24.4 Å². The monoisotopic (exact) mass is 379 g/mol. The Morgan fingerprint density at radius 1 is 1.46 bits per heavy atom. The van der Waals surface area contributed by atoms with Gasteiger partial charge in [-0.15, -0.1) is 0 Å². The van der Waals surface area contributed by atoms with Crippen molar-refractivity contribution in [1.82, 2.24) is 10.3 Å². The molecule has 0 amide bonds. The Labute approximate surface area is 165 Å². The van der Waals surface area contributed by atoms with Crippen LogP contribution in [0.1, 0.15) is 40.0 Å². The standard InChI is InChI=1S/C22H25N3O3/c1-4-21(28-3)14(2)15-5-6-17-16(11-15)7-10-24-20(17)13-25-19-12-23-9-8-18(19)22(26)27/h4-6,8-9,11-12,20,24-25H,2,7,10,13H2,1,3H3,(H,26,27)/b21-4+. The number of hydrogen-bond donors (Lipinski definition) is 3.